The van der Waals surface area contributed by atoms with Crippen LogP contribution in [-0.4, -0.2) is 30.0 Å². The van der Waals surface area contributed by atoms with Gasteiger partial charge in [-0.1, -0.05) is 70.8 Å². The van der Waals surface area contributed by atoms with Crippen LogP contribution in [0.25, 0.3) is 33.2 Å². The SMILES string of the molecule is CC(C)(C)c1cc(-c2cnccn2)[n-]n1.CC(C)(C)c1cc2nc(C(F)(F)F)n[c-]c2c2ncccc12.[Pt+2]. The number of benzene rings is 1. The van der Waals surface area contributed by atoms with Gasteiger partial charge >= 0.3 is 27.2 Å². The van der Waals surface area contributed by atoms with Gasteiger partial charge in [0.25, 0.3) is 0 Å². The van der Waals surface area contributed by atoms with Gasteiger partial charge in [0.2, 0.25) is 0 Å². The molecule has 0 bridgehead atoms. The third-order valence-electron chi connectivity index (χ3n) is 5.57. The maximum absolute atomic E-state index is 12.8. The van der Waals surface area contributed by atoms with Crippen molar-refractivity contribution in [2.24, 2.45) is 0 Å². The van der Waals surface area contributed by atoms with E-state index in [0.29, 0.717) is 10.9 Å². The molecular formula is C27H26F3N7Pt. The van der Waals surface area contributed by atoms with E-state index in [4.69, 9.17) is 0 Å². The molecule has 0 fully saturated rings. The van der Waals surface area contributed by atoms with E-state index in [1.165, 1.54) is 0 Å². The third-order valence-corrected chi connectivity index (χ3v) is 5.57. The Labute approximate surface area is 233 Å². The van der Waals surface area contributed by atoms with E-state index >= 15 is 0 Å². The van der Waals surface area contributed by atoms with Crippen LogP contribution in [0, 0.1) is 6.20 Å². The summed E-state index contributed by atoms with van der Waals surface area (Å²) in [5.41, 5.74) is 3.96. The van der Waals surface area contributed by atoms with Gasteiger partial charge in [0.05, 0.1) is 11.9 Å². The quantitative estimate of drug-likeness (QED) is 0.155. The van der Waals surface area contributed by atoms with E-state index in [0.717, 1.165) is 28.0 Å². The second-order valence-corrected chi connectivity index (χ2v) is 10.6. The molecule has 0 aliphatic carbocycles. The second-order valence-electron chi connectivity index (χ2n) is 10.6. The normalized spacial score (nSPS) is 12.1. The number of nitrogens with zero attached hydrogens (tertiary/aromatic N) is 7. The summed E-state index contributed by atoms with van der Waals surface area (Å²) in [5.74, 6) is -1.19. The van der Waals surface area contributed by atoms with Crippen molar-refractivity contribution in [2.45, 2.75) is 58.5 Å². The number of pyridine rings is 1. The Morgan fingerprint density at radius 3 is 2.21 bits per heavy atom. The molecule has 0 aliphatic heterocycles. The molecule has 4 aromatic heterocycles. The largest absolute Gasteiger partial charge is 2.00 e. The summed E-state index contributed by atoms with van der Waals surface area (Å²) >= 11 is 0. The van der Waals surface area contributed by atoms with Crippen LogP contribution in [0.2, 0.25) is 0 Å². The first-order valence-corrected chi connectivity index (χ1v) is 11.6. The minimum atomic E-state index is -4.59. The minimum Gasteiger partial charge on any atom is -0.573 e. The van der Waals surface area contributed by atoms with E-state index in [1.807, 2.05) is 32.9 Å². The minimum absolute atomic E-state index is 0. The first-order valence-electron chi connectivity index (χ1n) is 11.6. The zero-order valence-corrected chi connectivity index (χ0v) is 24.0. The van der Waals surface area contributed by atoms with Crippen molar-refractivity contribution in [2.75, 3.05) is 0 Å². The Bertz CT molecular complexity index is 1540. The molecule has 0 amide bonds. The topological polar surface area (TPSA) is 91.4 Å². The molecule has 4 heterocycles. The van der Waals surface area contributed by atoms with Crippen molar-refractivity contribution in [3.05, 3.63) is 72.3 Å². The molecule has 0 N–H and O–H groups in total. The summed E-state index contributed by atoms with van der Waals surface area (Å²) in [6.07, 6.45) is 4.45. The monoisotopic (exact) mass is 700 g/mol. The number of aromatic nitrogens is 7. The number of hydrogen-bond acceptors (Lipinski definition) is 6. The molecule has 5 aromatic rings. The van der Waals surface area contributed by atoms with Crippen molar-refractivity contribution in [3.8, 4) is 11.4 Å². The third kappa shape index (κ3) is 6.41. The van der Waals surface area contributed by atoms with E-state index < -0.39 is 12.0 Å². The number of halogens is 3. The molecule has 200 valence electrons. The summed E-state index contributed by atoms with van der Waals surface area (Å²) in [6, 6.07) is 7.33. The fraction of sp³-hybridized carbons (Fsp3) is 0.333. The molecule has 38 heavy (non-hydrogen) atoms. The van der Waals surface area contributed by atoms with Gasteiger partial charge in [-0.05, 0) is 39.7 Å². The van der Waals surface area contributed by atoms with Crippen molar-refractivity contribution >= 4 is 21.8 Å². The van der Waals surface area contributed by atoms with Gasteiger partial charge in [0.1, 0.15) is 5.82 Å². The Morgan fingerprint density at radius 2 is 1.63 bits per heavy atom. The maximum Gasteiger partial charge on any atom is 2.00 e. The Balaban J connectivity index is 0.000000220. The maximum atomic E-state index is 12.8. The predicted octanol–water partition coefficient (Wildman–Crippen LogP) is 6.09. The van der Waals surface area contributed by atoms with Gasteiger partial charge in [0.15, 0.2) is 0 Å². The zero-order chi connectivity index (χ0) is 27.0. The molecule has 1 aromatic carbocycles. The summed E-state index contributed by atoms with van der Waals surface area (Å²) in [4.78, 5) is 19.4. The van der Waals surface area contributed by atoms with Crippen LogP contribution in [0.1, 0.15) is 58.6 Å². The number of rotatable bonds is 1. The van der Waals surface area contributed by atoms with E-state index in [1.54, 1.807) is 36.9 Å². The van der Waals surface area contributed by atoms with Crippen LogP contribution in [0.5, 0.6) is 0 Å². The molecule has 11 heteroatoms. The van der Waals surface area contributed by atoms with Gasteiger partial charge in [-0.2, -0.15) is 13.2 Å². The molecule has 0 radical (unpaired) electrons. The van der Waals surface area contributed by atoms with Crippen molar-refractivity contribution in [3.63, 3.8) is 0 Å². The molecule has 5 rings (SSSR count). The van der Waals surface area contributed by atoms with Crippen LogP contribution in [0.15, 0.2) is 49.1 Å². The summed E-state index contributed by atoms with van der Waals surface area (Å²) in [6.45, 7) is 12.3. The van der Waals surface area contributed by atoms with Crippen molar-refractivity contribution in [1.82, 2.24) is 35.1 Å². The first-order chi connectivity index (χ1) is 17.2. The van der Waals surface area contributed by atoms with Crippen LogP contribution in [-0.2, 0) is 38.1 Å². The molecular weight excluding hydrogens is 674 g/mol. The van der Waals surface area contributed by atoms with Gasteiger partial charge < -0.3 is 25.1 Å². The molecule has 0 aliphatic rings. The molecule has 0 atom stereocenters. The fourth-order valence-corrected chi connectivity index (χ4v) is 3.64. The van der Waals surface area contributed by atoms with Crippen molar-refractivity contribution in [1.29, 1.82) is 0 Å². The number of hydrogen-bond donors (Lipinski definition) is 0. The molecule has 0 spiro atoms. The van der Waals surface area contributed by atoms with Gasteiger partial charge in [-0.3, -0.25) is 9.97 Å². The predicted molar refractivity (Wildman–Crippen MR) is 135 cm³/mol. The van der Waals surface area contributed by atoms with Crippen LogP contribution in [0.3, 0.4) is 0 Å². The Kier molecular flexibility index (Phi) is 8.36. The molecule has 0 saturated heterocycles. The van der Waals surface area contributed by atoms with Crippen LogP contribution >= 0.6 is 0 Å². The van der Waals surface area contributed by atoms with Gasteiger partial charge in [-0.15, -0.1) is 0 Å². The summed E-state index contributed by atoms with van der Waals surface area (Å²) in [7, 11) is 0. The fourth-order valence-electron chi connectivity index (χ4n) is 3.64. The molecule has 7 nitrogen and oxygen atoms in total. The Morgan fingerprint density at radius 1 is 0.895 bits per heavy atom. The molecule has 0 saturated carbocycles. The summed E-state index contributed by atoms with van der Waals surface area (Å²) in [5, 5.41) is 9.52. The average molecular weight is 701 g/mol. The van der Waals surface area contributed by atoms with Gasteiger partial charge in [-0.25, -0.2) is 0 Å². The number of alkyl halides is 3. The Hall–Kier alpha value is -3.26. The number of fused-ring (bicyclic) bond motifs is 3. The van der Waals surface area contributed by atoms with Gasteiger partial charge in [0, 0.05) is 29.7 Å². The van der Waals surface area contributed by atoms with Crippen LogP contribution in [0.4, 0.5) is 13.2 Å². The summed E-state index contributed by atoms with van der Waals surface area (Å²) < 4.78 is 38.4. The first kappa shape index (κ1) is 29.3. The van der Waals surface area contributed by atoms with Crippen molar-refractivity contribution < 1.29 is 34.2 Å². The molecule has 0 unspecified atom stereocenters. The zero-order valence-electron chi connectivity index (χ0n) is 21.7. The smallest absolute Gasteiger partial charge is 0.573 e. The standard InChI is InChI=1S/C16H13F3N3.C11H13N4.Pt/c1-15(2,3)11-7-12-10(13-9(11)5-4-6-20-13)8-21-14(22-12)16(17,18)19;1-11(2,3)10-6-8(14-15-10)9-7-12-4-5-13-9;/h4-7H,1-3H3;4-7H,1-3H3;/q2*-1;+2. The van der Waals surface area contributed by atoms with E-state index in [-0.39, 0.29) is 37.4 Å². The average Bonchev–Trinajstić information content (AvgIpc) is 3.34. The second kappa shape index (κ2) is 10.8. The van der Waals surface area contributed by atoms with Crippen LogP contribution < -0.4 is 5.10 Å². The van der Waals surface area contributed by atoms with E-state index in [9.17, 15) is 13.2 Å². The van der Waals surface area contributed by atoms with E-state index in [2.05, 4.69) is 62.1 Å².